The minimum atomic E-state index is -0.0116. The number of hydrogen-bond acceptors (Lipinski definition) is 1. The van der Waals surface area contributed by atoms with Crippen molar-refractivity contribution in [3.63, 3.8) is 0 Å². The Labute approximate surface area is 132 Å². The van der Waals surface area contributed by atoms with Gasteiger partial charge in [0.15, 0.2) is 0 Å². The number of nitrogens with one attached hydrogen (secondary N) is 1. The first-order chi connectivity index (χ1) is 8.85. The van der Waals surface area contributed by atoms with Gasteiger partial charge in [0.05, 0.1) is 5.56 Å². The molecule has 0 unspecified atom stereocenters. The highest BCUT2D eigenvalue weighted by molar-refractivity contribution is 9.10. The zero-order chi connectivity index (χ0) is 14.5. The van der Waals surface area contributed by atoms with Crippen LogP contribution in [-0.4, -0.2) is 17.8 Å². The van der Waals surface area contributed by atoms with E-state index >= 15 is 0 Å². The molecule has 0 heterocycles. The fourth-order valence-corrected chi connectivity index (χ4v) is 2.57. The lowest BCUT2D eigenvalue weighted by Crippen LogP contribution is -2.34. The van der Waals surface area contributed by atoms with Crippen LogP contribution in [0, 0.1) is 12.3 Å². The van der Waals surface area contributed by atoms with Gasteiger partial charge in [-0.3, -0.25) is 4.79 Å². The van der Waals surface area contributed by atoms with E-state index in [1.165, 1.54) is 0 Å². The second-order valence-corrected chi connectivity index (χ2v) is 7.27. The number of aryl methyl sites for hydroxylation is 1. The van der Waals surface area contributed by atoms with Crippen molar-refractivity contribution in [1.29, 1.82) is 0 Å². The highest BCUT2D eigenvalue weighted by atomic mass is 79.9. The van der Waals surface area contributed by atoms with Gasteiger partial charge in [0.25, 0.3) is 5.91 Å². The van der Waals surface area contributed by atoms with Crippen molar-refractivity contribution in [2.75, 3.05) is 11.9 Å². The fraction of sp³-hybridized carbons (Fsp3) is 0.533. The van der Waals surface area contributed by atoms with Crippen LogP contribution in [0.25, 0.3) is 0 Å². The summed E-state index contributed by atoms with van der Waals surface area (Å²) in [6, 6.07) is 5.81. The van der Waals surface area contributed by atoms with Crippen molar-refractivity contribution in [3.8, 4) is 0 Å². The van der Waals surface area contributed by atoms with Crippen molar-refractivity contribution < 1.29 is 4.79 Å². The summed E-state index contributed by atoms with van der Waals surface area (Å²) in [5, 5.41) is 4.04. The van der Waals surface area contributed by atoms with Gasteiger partial charge in [-0.15, -0.1) is 0 Å². The standard InChI is InChI=1S/C15H21Br2NO/c1-11-5-6-13(17)12(9-11)14(19)18-10-15(2,3)7-4-8-16/h5-6,9H,4,7-8,10H2,1-3H3,(H,18,19). The summed E-state index contributed by atoms with van der Waals surface area (Å²) < 4.78 is 0.842. The number of hydrogen-bond donors (Lipinski definition) is 1. The molecule has 0 aromatic heterocycles. The maximum absolute atomic E-state index is 12.2. The van der Waals surface area contributed by atoms with Gasteiger partial charge in [0, 0.05) is 16.3 Å². The molecule has 19 heavy (non-hydrogen) atoms. The van der Waals surface area contributed by atoms with E-state index in [0.717, 1.165) is 28.2 Å². The molecule has 0 radical (unpaired) electrons. The highest BCUT2D eigenvalue weighted by Crippen LogP contribution is 2.23. The zero-order valence-corrected chi connectivity index (χ0v) is 14.9. The van der Waals surface area contributed by atoms with Crippen molar-refractivity contribution in [1.82, 2.24) is 5.32 Å². The van der Waals surface area contributed by atoms with Crippen molar-refractivity contribution >= 4 is 37.8 Å². The summed E-state index contributed by atoms with van der Waals surface area (Å²) in [7, 11) is 0. The molecule has 2 nitrogen and oxygen atoms in total. The number of benzene rings is 1. The molecule has 0 spiro atoms. The third-order valence-corrected chi connectivity index (χ3v) is 4.33. The SMILES string of the molecule is Cc1ccc(Br)c(C(=O)NCC(C)(C)CCCBr)c1. The zero-order valence-electron chi connectivity index (χ0n) is 11.7. The molecule has 0 aliphatic rings. The number of alkyl halides is 1. The van der Waals surface area contributed by atoms with Crippen LogP contribution in [0.4, 0.5) is 0 Å². The maximum atomic E-state index is 12.2. The van der Waals surface area contributed by atoms with Crippen LogP contribution in [0.3, 0.4) is 0 Å². The molecule has 1 aromatic carbocycles. The molecule has 0 fully saturated rings. The Morgan fingerprint density at radius 1 is 1.37 bits per heavy atom. The van der Waals surface area contributed by atoms with E-state index in [-0.39, 0.29) is 11.3 Å². The molecular formula is C15H21Br2NO. The van der Waals surface area contributed by atoms with E-state index in [1.54, 1.807) is 0 Å². The minimum Gasteiger partial charge on any atom is -0.351 e. The number of carbonyl (C=O) groups is 1. The molecule has 4 heteroatoms. The van der Waals surface area contributed by atoms with E-state index in [4.69, 9.17) is 0 Å². The fourth-order valence-electron chi connectivity index (χ4n) is 1.86. The van der Waals surface area contributed by atoms with Crippen LogP contribution in [0.1, 0.15) is 42.6 Å². The average Bonchev–Trinajstić information content (AvgIpc) is 2.36. The van der Waals surface area contributed by atoms with Gasteiger partial charge in [0.2, 0.25) is 0 Å². The van der Waals surface area contributed by atoms with E-state index in [2.05, 4.69) is 51.0 Å². The van der Waals surface area contributed by atoms with Crippen molar-refractivity contribution in [3.05, 3.63) is 33.8 Å². The van der Waals surface area contributed by atoms with Crippen LogP contribution in [0.5, 0.6) is 0 Å². The van der Waals surface area contributed by atoms with E-state index in [9.17, 15) is 4.79 Å². The van der Waals surface area contributed by atoms with Gasteiger partial charge in [0.1, 0.15) is 0 Å². The van der Waals surface area contributed by atoms with Crippen molar-refractivity contribution in [2.45, 2.75) is 33.6 Å². The van der Waals surface area contributed by atoms with E-state index in [1.807, 2.05) is 25.1 Å². The Morgan fingerprint density at radius 3 is 2.68 bits per heavy atom. The second-order valence-electron chi connectivity index (χ2n) is 5.62. The molecule has 0 saturated carbocycles. The van der Waals surface area contributed by atoms with Crippen LogP contribution in [-0.2, 0) is 0 Å². The summed E-state index contributed by atoms with van der Waals surface area (Å²) in [6.45, 7) is 7.05. The number of halogens is 2. The lowest BCUT2D eigenvalue weighted by Gasteiger charge is -2.24. The number of carbonyl (C=O) groups excluding carboxylic acids is 1. The van der Waals surface area contributed by atoms with Crippen LogP contribution in [0.2, 0.25) is 0 Å². The molecule has 1 N–H and O–H groups in total. The van der Waals surface area contributed by atoms with Crippen molar-refractivity contribution in [2.24, 2.45) is 5.41 Å². The predicted molar refractivity (Wildman–Crippen MR) is 88.0 cm³/mol. The van der Waals surface area contributed by atoms with Gasteiger partial charge in [-0.25, -0.2) is 0 Å². The molecule has 106 valence electrons. The number of amides is 1. The smallest absolute Gasteiger partial charge is 0.252 e. The molecule has 1 rings (SSSR count). The van der Waals surface area contributed by atoms with E-state index < -0.39 is 0 Å². The molecule has 1 aromatic rings. The number of rotatable bonds is 6. The summed E-state index contributed by atoms with van der Waals surface area (Å²) >= 11 is 6.87. The largest absolute Gasteiger partial charge is 0.351 e. The lowest BCUT2D eigenvalue weighted by molar-refractivity contribution is 0.0933. The topological polar surface area (TPSA) is 29.1 Å². The van der Waals surface area contributed by atoms with Gasteiger partial charge in [-0.1, -0.05) is 41.4 Å². The Balaban J connectivity index is 2.62. The maximum Gasteiger partial charge on any atom is 0.252 e. The van der Waals surface area contributed by atoms with E-state index in [0.29, 0.717) is 12.1 Å². The molecule has 0 atom stereocenters. The van der Waals surface area contributed by atoms with Crippen LogP contribution < -0.4 is 5.32 Å². The summed E-state index contributed by atoms with van der Waals surface area (Å²) in [5.74, 6) is -0.0116. The van der Waals surface area contributed by atoms with Gasteiger partial charge < -0.3 is 5.32 Å². The minimum absolute atomic E-state index is 0.0116. The van der Waals surface area contributed by atoms with Gasteiger partial charge >= 0.3 is 0 Å². The Kier molecular flexibility index (Phi) is 6.54. The average molecular weight is 391 g/mol. The monoisotopic (exact) mass is 389 g/mol. The van der Waals surface area contributed by atoms with Gasteiger partial charge in [-0.2, -0.15) is 0 Å². The third kappa shape index (κ3) is 5.65. The Hall–Kier alpha value is -0.350. The first-order valence-electron chi connectivity index (χ1n) is 6.46. The quantitative estimate of drug-likeness (QED) is 0.701. The molecule has 0 saturated heterocycles. The first-order valence-corrected chi connectivity index (χ1v) is 8.37. The summed E-state index contributed by atoms with van der Waals surface area (Å²) in [4.78, 5) is 12.2. The highest BCUT2D eigenvalue weighted by Gasteiger charge is 2.19. The normalized spacial score (nSPS) is 11.4. The van der Waals surface area contributed by atoms with Gasteiger partial charge in [-0.05, 0) is 53.2 Å². The molecule has 0 aliphatic heterocycles. The Bertz CT molecular complexity index is 444. The van der Waals surface area contributed by atoms with Crippen LogP contribution in [0.15, 0.2) is 22.7 Å². The predicted octanol–water partition coefficient (Wildman–Crippen LogP) is 4.69. The third-order valence-electron chi connectivity index (χ3n) is 3.08. The summed E-state index contributed by atoms with van der Waals surface area (Å²) in [6.07, 6.45) is 2.21. The van der Waals surface area contributed by atoms with Crippen LogP contribution >= 0.6 is 31.9 Å². The second kappa shape index (κ2) is 7.44. The molecule has 0 aliphatic carbocycles. The molecule has 1 amide bonds. The molecular weight excluding hydrogens is 370 g/mol. The lowest BCUT2D eigenvalue weighted by atomic mass is 9.88. The summed E-state index contributed by atoms with van der Waals surface area (Å²) in [5.41, 5.74) is 1.92. The Morgan fingerprint density at radius 2 is 2.05 bits per heavy atom. The molecule has 0 bridgehead atoms. The first kappa shape index (κ1) is 16.7.